The number of nitrogens with one attached hydrogen (secondary N) is 2. The van der Waals surface area contributed by atoms with Gasteiger partial charge in [0.25, 0.3) is 5.91 Å². The van der Waals surface area contributed by atoms with Gasteiger partial charge in [-0.3, -0.25) is 4.79 Å². The molecule has 108 valence electrons. The first-order chi connectivity index (χ1) is 10.0. The summed E-state index contributed by atoms with van der Waals surface area (Å²) in [6.45, 7) is 1.72. The number of nitrogens with zero attached hydrogens (tertiary/aromatic N) is 2. The SMILES string of the molecule is CNC(=O)c1ccc(Nc2ccc(C(=O)O)c(C)c2)nn1. The first-order valence-corrected chi connectivity index (χ1v) is 6.18. The molecule has 0 bridgehead atoms. The van der Waals surface area contributed by atoms with E-state index in [1.807, 2.05) is 0 Å². The van der Waals surface area contributed by atoms with Crippen molar-refractivity contribution in [1.82, 2.24) is 15.5 Å². The Balaban J connectivity index is 2.17. The van der Waals surface area contributed by atoms with E-state index < -0.39 is 5.97 Å². The van der Waals surface area contributed by atoms with Crippen molar-refractivity contribution in [3.05, 3.63) is 47.2 Å². The molecule has 0 spiro atoms. The Bertz CT molecular complexity index is 683. The van der Waals surface area contributed by atoms with Crippen LogP contribution in [0.25, 0.3) is 0 Å². The largest absolute Gasteiger partial charge is 0.478 e. The minimum absolute atomic E-state index is 0.223. The monoisotopic (exact) mass is 286 g/mol. The first kappa shape index (κ1) is 14.4. The number of benzene rings is 1. The summed E-state index contributed by atoms with van der Waals surface area (Å²) in [6.07, 6.45) is 0. The van der Waals surface area contributed by atoms with Crippen molar-refractivity contribution in [2.24, 2.45) is 0 Å². The molecule has 0 atom stereocenters. The third kappa shape index (κ3) is 3.33. The highest BCUT2D eigenvalue weighted by Gasteiger charge is 2.08. The maximum absolute atomic E-state index is 11.3. The summed E-state index contributed by atoms with van der Waals surface area (Å²) >= 11 is 0. The van der Waals surface area contributed by atoms with Crippen molar-refractivity contribution in [2.75, 3.05) is 12.4 Å². The summed E-state index contributed by atoms with van der Waals surface area (Å²) in [7, 11) is 1.52. The molecule has 0 saturated heterocycles. The van der Waals surface area contributed by atoms with Crippen LogP contribution in [0.15, 0.2) is 30.3 Å². The minimum atomic E-state index is -0.964. The molecule has 0 unspecified atom stereocenters. The second-order valence-electron chi connectivity index (χ2n) is 4.34. The Morgan fingerprint density at radius 2 is 1.90 bits per heavy atom. The van der Waals surface area contributed by atoms with E-state index in [1.54, 1.807) is 31.2 Å². The van der Waals surface area contributed by atoms with Gasteiger partial charge < -0.3 is 15.7 Å². The number of rotatable bonds is 4. The average Bonchev–Trinajstić information content (AvgIpc) is 2.47. The van der Waals surface area contributed by atoms with E-state index in [1.165, 1.54) is 13.1 Å². The maximum atomic E-state index is 11.3. The number of carbonyl (C=O) groups excluding carboxylic acids is 1. The van der Waals surface area contributed by atoms with E-state index in [-0.39, 0.29) is 17.2 Å². The van der Waals surface area contributed by atoms with Crippen LogP contribution in [0.3, 0.4) is 0 Å². The second-order valence-corrected chi connectivity index (χ2v) is 4.34. The summed E-state index contributed by atoms with van der Waals surface area (Å²) in [4.78, 5) is 22.3. The summed E-state index contributed by atoms with van der Waals surface area (Å²) in [5, 5.41) is 22.1. The highest BCUT2D eigenvalue weighted by Crippen LogP contribution is 2.18. The lowest BCUT2D eigenvalue weighted by Gasteiger charge is -2.08. The van der Waals surface area contributed by atoms with Crippen LogP contribution in [0.1, 0.15) is 26.4 Å². The van der Waals surface area contributed by atoms with Gasteiger partial charge >= 0.3 is 5.97 Å². The van der Waals surface area contributed by atoms with Crippen molar-refractivity contribution in [3.8, 4) is 0 Å². The molecule has 1 aromatic carbocycles. The van der Waals surface area contributed by atoms with E-state index in [0.29, 0.717) is 17.1 Å². The molecule has 0 radical (unpaired) electrons. The van der Waals surface area contributed by atoms with E-state index in [0.717, 1.165) is 0 Å². The van der Waals surface area contributed by atoms with Gasteiger partial charge in [-0.1, -0.05) is 0 Å². The third-order valence-corrected chi connectivity index (χ3v) is 2.85. The summed E-state index contributed by atoms with van der Waals surface area (Å²) in [5.74, 6) is -0.811. The van der Waals surface area contributed by atoms with Crippen molar-refractivity contribution >= 4 is 23.4 Å². The van der Waals surface area contributed by atoms with Crippen molar-refractivity contribution in [3.63, 3.8) is 0 Å². The predicted molar refractivity (Wildman–Crippen MR) is 76.8 cm³/mol. The van der Waals surface area contributed by atoms with Gasteiger partial charge in [-0.25, -0.2) is 4.79 Å². The number of carboxylic acid groups (broad SMARTS) is 1. The van der Waals surface area contributed by atoms with Crippen LogP contribution in [0.4, 0.5) is 11.5 Å². The number of aromatic nitrogens is 2. The van der Waals surface area contributed by atoms with Crippen LogP contribution >= 0.6 is 0 Å². The summed E-state index contributed by atoms with van der Waals surface area (Å²) < 4.78 is 0. The topological polar surface area (TPSA) is 104 Å². The Morgan fingerprint density at radius 1 is 1.14 bits per heavy atom. The molecule has 0 saturated carbocycles. The molecule has 0 aliphatic rings. The zero-order chi connectivity index (χ0) is 15.4. The molecule has 2 aromatic rings. The molecule has 0 aliphatic carbocycles. The number of hydrogen-bond donors (Lipinski definition) is 3. The second kappa shape index (κ2) is 6.00. The zero-order valence-electron chi connectivity index (χ0n) is 11.5. The first-order valence-electron chi connectivity index (χ1n) is 6.18. The molecule has 1 heterocycles. The van der Waals surface area contributed by atoms with Crippen LogP contribution in [0, 0.1) is 6.92 Å². The van der Waals surface area contributed by atoms with Gasteiger partial charge in [0, 0.05) is 12.7 Å². The molecule has 0 aliphatic heterocycles. The van der Waals surface area contributed by atoms with Gasteiger partial charge in [0.2, 0.25) is 0 Å². The quantitative estimate of drug-likeness (QED) is 0.788. The van der Waals surface area contributed by atoms with Crippen molar-refractivity contribution < 1.29 is 14.7 Å². The van der Waals surface area contributed by atoms with E-state index in [4.69, 9.17) is 5.11 Å². The lowest BCUT2D eigenvalue weighted by atomic mass is 10.1. The highest BCUT2D eigenvalue weighted by molar-refractivity contribution is 5.92. The van der Waals surface area contributed by atoms with Gasteiger partial charge in [-0.05, 0) is 42.8 Å². The van der Waals surface area contributed by atoms with Crippen LogP contribution < -0.4 is 10.6 Å². The van der Waals surface area contributed by atoms with Crippen molar-refractivity contribution in [2.45, 2.75) is 6.92 Å². The standard InChI is InChI=1S/C14H14N4O3/c1-8-7-9(3-4-10(8)14(20)21)16-12-6-5-11(17-18-12)13(19)15-2/h3-7H,1-2H3,(H,15,19)(H,16,18)(H,20,21). The Kier molecular flexibility index (Phi) is 4.13. The molecule has 2 rings (SSSR count). The fourth-order valence-electron chi connectivity index (χ4n) is 1.78. The molecule has 1 amide bonds. The van der Waals surface area contributed by atoms with E-state index >= 15 is 0 Å². The van der Waals surface area contributed by atoms with Gasteiger partial charge in [0.05, 0.1) is 5.56 Å². The number of anilines is 2. The maximum Gasteiger partial charge on any atom is 0.335 e. The van der Waals surface area contributed by atoms with Gasteiger partial charge in [-0.15, -0.1) is 10.2 Å². The molecule has 0 fully saturated rings. The third-order valence-electron chi connectivity index (χ3n) is 2.85. The molecular weight excluding hydrogens is 272 g/mol. The predicted octanol–water partition coefficient (Wildman–Crippen LogP) is 1.59. The molecule has 3 N–H and O–H groups in total. The Labute approximate surface area is 121 Å². The average molecular weight is 286 g/mol. The number of aryl methyl sites for hydroxylation is 1. The van der Waals surface area contributed by atoms with Crippen LogP contribution in [0.2, 0.25) is 0 Å². The van der Waals surface area contributed by atoms with Crippen LogP contribution in [-0.2, 0) is 0 Å². The van der Waals surface area contributed by atoms with Gasteiger partial charge in [0.1, 0.15) is 0 Å². The lowest BCUT2D eigenvalue weighted by Crippen LogP contribution is -2.19. The zero-order valence-corrected chi connectivity index (χ0v) is 11.5. The molecular formula is C14H14N4O3. The number of carbonyl (C=O) groups is 2. The number of hydrogen-bond acceptors (Lipinski definition) is 5. The fourth-order valence-corrected chi connectivity index (χ4v) is 1.78. The normalized spacial score (nSPS) is 10.0. The Hall–Kier alpha value is -2.96. The number of aromatic carboxylic acids is 1. The van der Waals surface area contributed by atoms with Gasteiger partial charge in [-0.2, -0.15) is 0 Å². The van der Waals surface area contributed by atoms with E-state index in [2.05, 4.69) is 20.8 Å². The molecule has 21 heavy (non-hydrogen) atoms. The fraction of sp³-hybridized carbons (Fsp3) is 0.143. The molecule has 1 aromatic heterocycles. The van der Waals surface area contributed by atoms with Crippen molar-refractivity contribution in [1.29, 1.82) is 0 Å². The number of carboxylic acids is 1. The molecule has 7 heteroatoms. The molecule has 7 nitrogen and oxygen atoms in total. The van der Waals surface area contributed by atoms with E-state index in [9.17, 15) is 9.59 Å². The summed E-state index contributed by atoms with van der Waals surface area (Å²) in [6, 6.07) is 8.04. The Morgan fingerprint density at radius 3 is 2.43 bits per heavy atom. The number of amides is 1. The summed E-state index contributed by atoms with van der Waals surface area (Å²) in [5.41, 5.74) is 1.81. The van der Waals surface area contributed by atoms with Gasteiger partial charge in [0.15, 0.2) is 11.5 Å². The highest BCUT2D eigenvalue weighted by atomic mass is 16.4. The van der Waals surface area contributed by atoms with Crippen LogP contribution in [-0.4, -0.2) is 34.2 Å². The minimum Gasteiger partial charge on any atom is -0.478 e. The smallest absolute Gasteiger partial charge is 0.335 e. The lowest BCUT2D eigenvalue weighted by molar-refractivity contribution is 0.0696. The van der Waals surface area contributed by atoms with Crippen LogP contribution in [0.5, 0.6) is 0 Å².